The highest BCUT2D eigenvalue weighted by Gasteiger charge is 2.64. The maximum atomic E-state index is 6.49. The van der Waals surface area contributed by atoms with Crippen LogP contribution in [0, 0.1) is 18.8 Å². The van der Waals surface area contributed by atoms with Gasteiger partial charge in [-0.2, -0.15) is 0 Å². The van der Waals surface area contributed by atoms with Crippen molar-refractivity contribution in [3.63, 3.8) is 0 Å². The molecule has 1 aromatic carbocycles. The van der Waals surface area contributed by atoms with Crippen LogP contribution in [0.4, 0.5) is 0 Å². The van der Waals surface area contributed by atoms with Gasteiger partial charge in [-0.25, -0.2) is 0 Å². The van der Waals surface area contributed by atoms with Crippen LogP contribution < -0.4 is 5.73 Å². The molecule has 1 aromatic rings. The van der Waals surface area contributed by atoms with Gasteiger partial charge in [0.15, 0.2) is 0 Å². The molecule has 2 aliphatic carbocycles. The average molecular weight is 187 g/mol. The molecule has 2 atom stereocenters. The van der Waals surface area contributed by atoms with Gasteiger partial charge in [-0.1, -0.05) is 36.2 Å². The molecule has 0 aromatic heterocycles. The highest BCUT2D eigenvalue weighted by atomic mass is 14.9. The highest BCUT2D eigenvalue weighted by molar-refractivity contribution is 5.38. The fourth-order valence-electron chi connectivity index (χ4n) is 3.34. The van der Waals surface area contributed by atoms with Crippen LogP contribution in [-0.2, 0) is 5.54 Å². The minimum absolute atomic E-state index is 0.0459. The molecule has 1 heteroatoms. The van der Waals surface area contributed by atoms with E-state index in [9.17, 15) is 0 Å². The highest BCUT2D eigenvalue weighted by Crippen LogP contribution is 2.64. The second kappa shape index (κ2) is 2.60. The third-order valence-electron chi connectivity index (χ3n) is 4.15. The van der Waals surface area contributed by atoms with Gasteiger partial charge >= 0.3 is 0 Å². The van der Waals surface area contributed by atoms with Gasteiger partial charge in [0.1, 0.15) is 0 Å². The normalized spacial score (nSPS) is 39.6. The van der Waals surface area contributed by atoms with Crippen LogP contribution in [-0.4, -0.2) is 0 Å². The summed E-state index contributed by atoms with van der Waals surface area (Å²) in [6.07, 6.45) is 4.07. The summed E-state index contributed by atoms with van der Waals surface area (Å²) in [7, 11) is 0. The number of hydrogen-bond acceptors (Lipinski definition) is 1. The molecule has 0 saturated heterocycles. The molecular formula is C13H17N. The predicted molar refractivity (Wildman–Crippen MR) is 57.9 cm³/mol. The first kappa shape index (κ1) is 8.49. The molecule has 1 nitrogen and oxygen atoms in total. The van der Waals surface area contributed by atoms with Gasteiger partial charge in [-0.05, 0) is 37.2 Å². The van der Waals surface area contributed by atoms with Crippen LogP contribution in [0.2, 0.25) is 0 Å². The third-order valence-corrected chi connectivity index (χ3v) is 4.15. The van der Waals surface area contributed by atoms with Gasteiger partial charge < -0.3 is 5.73 Å². The zero-order valence-corrected chi connectivity index (χ0v) is 8.66. The number of fused-ring (bicyclic) bond motifs is 1. The summed E-state index contributed by atoms with van der Waals surface area (Å²) in [5, 5.41) is 0. The van der Waals surface area contributed by atoms with Gasteiger partial charge in [0, 0.05) is 5.54 Å². The molecule has 0 aliphatic heterocycles. The summed E-state index contributed by atoms with van der Waals surface area (Å²) >= 11 is 0. The van der Waals surface area contributed by atoms with Gasteiger partial charge in [0.25, 0.3) is 0 Å². The summed E-state index contributed by atoms with van der Waals surface area (Å²) in [6, 6.07) is 8.74. The van der Waals surface area contributed by atoms with Crippen molar-refractivity contribution in [1.82, 2.24) is 0 Å². The molecule has 0 spiro atoms. The van der Waals surface area contributed by atoms with Crippen molar-refractivity contribution in [2.75, 3.05) is 0 Å². The molecule has 0 bridgehead atoms. The van der Waals surface area contributed by atoms with E-state index in [2.05, 4.69) is 31.2 Å². The van der Waals surface area contributed by atoms with E-state index in [-0.39, 0.29) is 5.54 Å². The van der Waals surface area contributed by atoms with E-state index in [1.54, 1.807) is 0 Å². The Hall–Kier alpha value is -0.820. The molecule has 14 heavy (non-hydrogen) atoms. The van der Waals surface area contributed by atoms with Crippen LogP contribution in [0.1, 0.15) is 30.4 Å². The Labute approximate surface area is 85.3 Å². The van der Waals surface area contributed by atoms with Crippen molar-refractivity contribution in [2.24, 2.45) is 17.6 Å². The Balaban J connectivity index is 1.97. The van der Waals surface area contributed by atoms with Crippen LogP contribution in [0.5, 0.6) is 0 Å². The first-order chi connectivity index (χ1) is 6.73. The Morgan fingerprint density at radius 1 is 1.29 bits per heavy atom. The third kappa shape index (κ3) is 0.936. The Morgan fingerprint density at radius 3 is 2.64 bits per heavy atom. The molecule has 74 valence electrons. The fraction of sp³-hybridized carbons (Fsp3) is 0.538. The fourth-order valence-corrected chi connectivity index (χ4v) is 3.34. The molecule has 0 heterocycles. The van der Waals surface area contributed by atoms with Crippen molar-refractivity contribution < 1.29 is 0 Å². The number of nitrogens with two attached hydrogens (primary N) is 1. The number of hydrogen-bond donors (Lipinski definition) is 1. The van der Waals surface area contributed by atoms with Crippen LogP contribution in [0.15, 0.2) is 24.3 Å². The minimum atomic E-state index is 0.0459. The largest absolute Gasteiger partial charge is 0.321 e. The molecule has 2 saturated carbocycles. The van der Waals surface area contributed by atoms with E-state index in [0.717, 1.165) is 11.8 Å². The molecule has 2 fully saturated rings. The second-order valence-corrected chi connectivity index (χ2v) is 4.95. The van der Waals surface area contributed by atoms with Crippen LogP contribution in [0.25, 0.3) is 0 Å². The van der Waals surface area contributed by atoms with E-state index in [0.29, 0.717) is 0 Å². The Morgan fingerprint density at radius 2 is 2.00 bits per heavy atom. The number of benzene rings is 1. The minimum Gasteiger partial charge on any atom is -0.321 e. The van der Waals surface area contributed by atoms with Gasteiger partial charge in [0.2, 0.25) is 0 Å². The molecule has 3 rings (SSSR count). The summed E-state index contributed by atoms with van der Waals surface area (Å²) < 4.78 is 0. The molecule has 2 aliphatic rings. The van der Waals surface area contributed by atoms with Gasteiger partial charge in [0.05, 0.1) is 0 Å². The van der Waals surface area contributed by atoms with Crippen molar-refractivity contribution in [2.45, 2.75) is 31.7 Å². The lowest BCUT2D eigenvalue weighted by atomic mass is 9.96. The predicted octanol–water partition coefficient (Wildman–Crippen LogP) is 2.58. The maximum Gasteiger partial charge on any atom is 0.0473 e. The van der Waals surface area contributed by atoms with Gasteiger partial charge in [-0.3, -0.25) is 0 Å². The molecule has 0 radical (unpaired) electrons. The van der Waals surface area contributed by atoms with Crippen molar-refractivity contribution >= 4 is 0 Å². The maximum absolute atomic E-state index is 6.49. The van der Waals surface area contributed by atoms with E-state index in [4.69, 9.17) is 5.73 Å². The standard InChI is InChI=1S/C13H17N/c1-9-4-2-5-10(8-9)13(14)11-6-3-7-12(11)13/h2,4-5,8,11-12H,3,6-7,14H2,1H3. The first-order valence-corrected chi connectivity index (χ1v) is 5.59. The Kier molecular flexibility index (Phi) is 1.58. The summed E-state index contributed by atoms with van der Waals surface area (Å²) in [5.41, 5.74) is 9.23. The van der Waals surface area contributed by atoms with Crippen molar-refractivity contribution in [3.05, 3.63) is 35.4 Å². The quantitative estimate of drug-likeness (QED) is 0.718. The molecule has 0 amide bonds. The zero-order chi connectivity index (χ0) is 9.76. The summed E-state index contributed by atoms with van der Waals surface area (Å²) in [4.78, 5) is 0. The Bertz CT molecular complexity index is 359. The van der Waals surface area contributed by atoms with E-state index < -0.39 is 0 Å². The lowest BCUT2D eigenvalue weighted by Gasteiger charge is -2.16. The summed E-state index contributed by atoms with van der Waals surface area (Å²) in [6.45, 7) is 2.14. The van der Waals surface area contributed by atoms with Crippen LogP contribution >= 0.6 is 0 Å². The van der Waals surface area contributed by atoms with Crippen molar-refractivity contribution in [3.8, 4) is 0 Å². The smallest absolute Gasteiger partial charge is 0.0473 e. The monoisotopic (exact) mass is 187 g/mol. The van der Waals surface area contributed by atoms with Gasteiger partial charge in [-0.15, -0.1) is 0 Å². The SMILES string of the molecule is Cc1cccc(C2(N)C3CCCC32)c1. The van der Waals surface area contributed by atoms with E-state index in [1.807, 2.05) is 0 Å². The average Bonchev–Trinajstić information content (AvgIpc) is 2.62. The molecule has 2 N–H and O–H groups in total. The van der Waals surface area contributed by atoms with E-state index >= 15 is 0 Å². The lowest BCUT2D eigenvalue weighted by Crippen LogP contribution is -2.25. The van der Waals surface area contributed by atoms with Crippen molar-refractivity contribution in [1.29, 1.82) is 0 Å². The lowest BCUT2D eigenvalue weighted by molar-refractivity contribution is 0.526. The first-order valence-electron chi connectivity index (χ1n) is 5.59. The number of aryl methyl sites for hydroxylation is 1. The summed E-state index contributed by atoms with van der Waals surface area (Å²) in [5.74, 6) is 1.56. The van der Waals surface area contributed by atoms with Crippen LogP contribution in [0.3, 0.4) is 0 Å². The molecular weight excluding hydrogens is 170 g/mol. The number of rotatable bonds is 1. The topological polar surface area (TPSA) is 26.0 Å². The second-order valence-electron chi connectivity index (χ2n) is 4.95. The zero-order valence-electron chi connectivity index (χ0n) is 8.66. The van der Waals surface area contributed by atoms with E-state index in [1.165, 1.54) is 30.4 Å². The molecule has 2 unspecified atom stereocenters.